The number of carbonyl (C=O) groups is 1. The third-order valence-electron chi connectivity index (χ3n) is 4.05. The second-order valence-corrected chi connectivity index (χ2v) is 6.54. The Morgan fingerprint density at radius 2 is 1.92 bits per heavy atom. The van der Waals surface area contributed by atoms with Gasteiger partial charge in [0.2, 0.25) is 5.91 Å². The van der Waals surface area contributed by atoms with Crippen LogP contribution < -0.4 is 15.6 Å². The Kier molecular flexibility index (Phi) is 5.20. The maximum atomic E-state index is 12.5. The van der Waals surface area contributed by atoms with Crippen LogP contribution in [0, 0.1) is 6.92 Å². The summed E-state index contributed by atoms with van der Waals surface area (Å²) in [7, 11) is 1.53. The Labute approximate surface area is 160 Å². The molecule has 5 nitrogen and oxygen atoms in total. The van der Waals surface area contributed by atoms with Crippen molar-refractivity contribution in [3.8, 4) is 5.75 Å². The van der Waals surface area contributed by atoms with Crippen molar-refractivity contribution in [3.05, 3.63) is 68.4 Å². The van der Waals surface area contributed by atoms with E-state index in [2.05, 4.69) is 5.32 Å². The van der Waals surface area contributed by atoms with Crippen LogP contribution in [0.25, 0.3) is 10.9 Å². The molecule has 1 heterocycles. The number of carbonyl (C=O) groups excluding carboxylic acids is 1. The van der Waals surface area contributed by atoms with Crippen molar-refractivity contribution in [1.29, 1.82) is 0 Å². The quantitative estimate of drug-likeness (QED) is 0.723. The number of nitrogens with one attached hydrogen (secondary N) is 1. The number of rotatable bonds is 4. The van der Waals surface area contributed by atoms with Crippen LogP contribution in [0.4, 0.5) is 5.69 Å². The van der Waals surface area contributed by atoms with E-state index in [4.69, 9.17) is 27.9 Å². The van der Waals surface area contributed by atoms with Crippen LogP contribution in [-0.2, 0) is 11.3 Å². The number of fused-ring (bicyclic) bond motifs is 1. The van der Waals surface area contributed by atoms with Gasteiger partial charge in [0.25, 0.3) is 5.56 Å². The van der Waals surface area contributed by atoms with Crippen molar-refractivity contribution in [2.24, 2.45) is 0 Å². The van der Waals surface area contributed by atoms with E-state index >= 15 is 0 Å². The molecule has 1 N–H and O–H groups in total. The van der Waals surface area contributed by atoms with Crippen molar-refractivity contribution in [2.75, 3.05) is 12.4 Å². The first-order chi connectivity index (χ1) is 12.4. The summed E-state index contributed by atoms with van der Waals surface area (Å²) in [6.07, 6.45) is 0. The molecule has 0 atom stereocenters. The van der Waals surface area contributed by atoms with Gasteiger partial charge in [0.15, 0.2) is 0 Å². The molecule has 2 aromatic carbocycles. The maximum absolute atomic E-state index is 12.5. The third-order valence-corrected chi connectivity index (χ3v) is 4.87. The molecule has 7 heteroatoms. The lowest BCUT2D eigenvalue weighted by Crippen LogP contribution is -2.28. The van der Waals surface area contributed by atoms with Crippen molar-refractivity contribution in [1.82, 2.24) is 4.57 Å². The van der Waals surface area contributed by atoms with Crippen LogP contribution in [0.2, 0.25) is 10.0 Å². The van der Waals surface area contributed by atoms with E-state index in [0.717, 1.165) is 10.9 Å². The van der Waals surface area contributed by atoms with E-state index in [1.807, 2.05) is 19.1 Å². The van der Waals surface area contributed by atoms with Crippen molar-refractivity contribution in [3.63, 3.8) is 0 Å². The number of hydrogen-bond acceptors (Lipinski definition) is 3. The highest BCUT2D eigenvalue weighted by molar-refractivity contribution is 6.43. The van der Waals surface area contributed by atoms with Crippen LogP contribution in [-0.4, -0.2) is 17.6 Å². The van der Waals surface area contributed by atoms with Gasteiger partial charge in [0, 0.05) is 11.5 Å². The average molecular weight is 391 g/mol. The predicted octanol–water partition coefficient (Wildman–Crippen LogP) is 4.26. The van der Waals surface area contributed by atoms with E-state index in [0.29, 0.717) is 22.0 Å². The molecule has 1 aromatic heterocycles. The summed E-state index contributed by atoms with van der Waals surface area (Å²) >= 11 is 12.1. The van der Waals surface area contributed by atoms with E-state index in [1.54, 1.807) is 24.3 Å². The molecule has 0 saturated carbocycles. The molecule has 1 amide bonds. The van der Waals surface area contributed by atoms with Gasteiger partial charge in [-0.3, -0.25) is 14.2 Å². The van der Waals surface area contributed by atoms with E-state index < -0.39 is 5.91 Å². The monoisotopic (exact) mass is 390 g/mol. The van der Waals surface area contributed by atoms with E-state index in [-0.39, 0.29) is 17.1 Å². The summed E-state index contributed by atoms with van der Waals surface area (Å²) in [5, 5.41) is 4.12. The number of ether oxygens (including phenoxy) is 1. The second-order valence-electron chi connectivity index (χ2n) is 5.76. The van der Waals surface area contributed by atoms with Crippen molar-refractivity contribution in [2.45, 2.75) is 13.5 Å². The minimum atomic E-state index is -0.396. The van der Waals surface area contributed by atoms with Gasteiger partial charge in [0.1, 0.15) is 12.3 Å². The maximum Gasteiger partial charge on any atom is 0.251 e. The fourth-order valence-electron chi connectivity index (χ4n) is 2.83. The fourth-order valence-corrected chi connectivity index (χ4v) is 3.17. The highest BCUT2D eigenvalue weighted by atomic mass is 35.5. The van der Waals surface area contributed by atoms with Gasteiger partial charge < -0.3 is 10.1 Å². The van der Waals surface area contributed by atoms with E-state index in [9.17, 15) is 9.59 Å². The second kappa shape index (κ2) is 7.40. The zero-order valence-electron chi connectivity index (χ0n) is 14.2. The first-order valence-electron chi connectivity index (χ1n) is 7.83. The molecule has 3 aromatic rings. The Hall–Kier alpha value is -2.50. The summed E-state index contributed by atoms with van der Waals surface area (Å²) < 4.78 is 6.77. The highest BCUT2D eigenvalue weighted by Crippen LogP contribution is 2.30. The number of methoxy groups -OCH3 is 1. The zero-order chi connectivity index (χ0) is 18.8. The fraction of sp³-hybridized carbons (Fsp3) is 0.158. The molecule has 0 unspecified atom stereocenters. The average Bonchev–Trinajstić information content (AvgIpc) is 2.62. The number of pyridine rings is 1. The molecule has 0 saturated heterocycles. The SMILES string of the molecule is COc1cccc2c(C)cc(=O)n(CC(=O)Nc3cccc(Cl)c3Cl)c12. The Morgan fingerprint density at radius 1 is 1.19 bits per heavy atom. The van der Waals surface area contributed by atoms with Gasteiger partial charge in [-0.2, -0.15) is 0 Å². The number of aromatic nitrogens is 1. The van der Waals surface area contributed by atoms with Crippen LogP contribution >= 0.6 is 23.2 Å². The first-order valence-corrected chi connectivity index (χ1v) is 8.59. The number of amides is 1. The number of anilines is 1. The highest BCUT2D eigenvalue weighted by Gasteiger charge is 2.15. The molecule has 0 aliphatic heterocycles. The van der Waals surface area contributed by atoms with Crippen LogP contribution in [0.3, 0.4) is 0 Å². The largest absolute Gasteiger partial charge is 0.495 e. The van der Waals surface area contributed by atoms with Gasteiger partial charge in [-0.05, 0) is 30.7 Å². The summed E-state index contributed by atoms with van der Waals surface area (Å²) in [6, 6.07) is 11.9. The Bertz CT molecular complexity index is 1060. The summed E-state index contributed by atoms with van der Waals surface area (Å²) in [4.78, 5) is 25.0. The van der Waals surface area contributed by atoms with Crippen molar-refractivity contribution < 1.29 is 9.53 Å². The standard InChI is InChI=1S/C19H16Cl2N2O3/c1-11-9-17(25)23(19-12(11)5-3-8-15(19)26-2)10-16(24)22-14-7-4-6-13(20)18(14)21/h3-9H,10H2,1-2H3,(H,22,24). The van der Waals surface area contributed by atoms with Gasteiger partial charge >= 0.3 is 0 Å². The molecule has 0 bridgehead atoms. The molecule has 0 aliphatic carbocycles. The lowest BCUT2D eigenvalue weighted by atomic mass is 10.1. The number of halogens is 2. The molecule has 0 radical (unpaired) electrons. The number of para-hydroxylation sites is 1. The molecular formula is C19H16Cl2N2O3. The summed E-state index contributed by atoms with van der Waals surface area (Å²) in [5.41, 5.74) is 1.50. The summed E-state index contributed by atoms with van der Waals surface area (Å²) in [5.74, 6) is 0.129. The minimum absolute atomic E-state index is 0.182. The molecule has 0 spiro atoms. The van der Waals surface area contributed by atoms with Crippen LogP contribution in [0.1, 0.15) is 5.56 Å². The number of benzene rings is 2. The first kappa shape index (κ1) is 18.3. The molecular weight excluding hydrogens is 375 g/mol. The molecule has 0 aliphatic rings. The Balaban J connectivity index is 2.02. The lowest BCUT2D eigenvalue weighted by molar-refractivity contribution is -0.116. The van der Waals surface area contributed by atoms with Crippen LogP contribution in [0.15, 0.2) is 47.3 Å². The van der Waals surface area contributed by atoms with Crippen molar-refractivity contribution >= 4 is 45.7 Å². The summed E-state index contributed by atoms with van der Waals surface area (Å²) in [6.45, 7) is 1.66. The predicted molar refractivity (Wildman–Crippen MR) is 105 cm³/mol. The lowest BCUT2D eigenvalue weighted by Gasteiger charge is -2.15. The molecule has 134 valence electrons. The molecule has 3 rings (SSSR count). The minimum Gasteiger partial charge on any atom is -0.495 e. The van der Waals surface area contributed by atoms with Gasteiger partial charge in [-0.1, -0.05) is 41.4 Å². The molecule has 26 heavy (non-hydrogen) atoms. The van der Waals surface area contributed by atoms with Crippen LogP contribution in [0.5, 0.6) is 5.75 Å². The number of aryl methyl sites for hydroxylation is 1. The zero-order valence-corrected chi connectivity index (χ0v) is 15.7. The van der Waals surface area contributed by atoms with Gasteiger partial charge in [-0.25, -0.2) is 0 Å². The Morgan fingerprint density at radius 3 is 2.65 bits per heavy atom. The van der Waals surface area contributed by atoms with Gasteiger partial charge in [0.05, 0.1) is 28.4 Å². The van der Waals surface area contributed by atoms with E-state index in [1.165, 1.54) is 17.7 Å². The van der Waals surface area contributed by atoms with Gasteiger partial charge in [-0.15, -0.1) is 0 Å². The normalized spacial score (nSPS) is 10.8. The molecule has 0 fully saturated rings. The smallest absolute Gasteiger partial charge is 0.251 e. The number of nitrogens with zero attached hydrogens (tertiary/aromatic N) is 1. The third kappa shape index (κ3) is 3.41. The number of hydrogen-bond donors (Lipinski definition) is 1. The topological polar surface area (TPSA) is 60.3 Å².